The van der Waals surface area contributed by atoms with E-state index in [-0.39, 0.29) is 12.1 Å². The van der Waals surface area contributed by atoms with Crippen molar-refractivity contribution in [3.63, 3.8) is 0 Å². The van der Waals surface area contributed by atoms with Gasteiger partial charge in [0.05, 0.1) is 13.2 Å². The molecule has 0 saturated carbocycles. The Morgan fingerprint density at radius 3 is 2.26 bits per heavy atom. The minimum atomic E-state index is -0.198. The lowest BCUT2D eigenvalue weighted by atomic mass is 9.97. The zero-order valence-corrected chi connectivity index (χ0v) is 13.7. The predicted molar refractivity (Wildman–Crippen MR) is 81.5 cm³/mol. The second-order valence-corrected chi connectivity index (χ2v) is 6.46. The monoisotopic (exact) mass is 274 g/mol. The van der Waals surface area contributed by atoms with E-state index in [4.69, 9.17) is 4.74 Å². The molecule has 0 aliphatic rings. The molecule has 0 aromatic heterocycles. The highest BCUT2D eigenvalue weighted by molar-refractivity contribution is 4.85. The molecule has 0 spiro atoms. The first-order chi connectivity index (χ1) is 8.83. The molecule has 0 aromatic rings. The van der Waals surface area contributed by atoms with Crippen molar-refractivity contribution in [2.45, 2.75) is 52.6 Å². The van der Waals surface area contributed by atoms with E-state index in [1.807, 2.05) is 0 Å². The molecule has 0 bridgehead atoms. The van der Waals surface area contributed by atoms with Crippen LogP contribution in [0.15, 0.2) is 0 Å². The van der Waals surface area contributed by atoms with Crippen molar-refractivity contribution in [3.05, 3.63) is 0 Å². The quantitative estimate of drug-likeness (QED) is 0.602. The highest BCUT2D eigenvalue weighted by Crippen LogP contribution is 2.12. The number of methoxy groups -OCH3 is 1. The SMILES string of the molecule is COCCN(CCC(C)(CO)NC(C)C)CC(C)C. The highest BCUT2D eigenvalue weighted by atomic mass is 16.5. The third kappa shape index (κ3) is 9.38. The fourth-order valence-corrected chi connectivity index (χ4v) is 2.33. The smallest absolute Gasteiger partial charge is 0.0611 e. The molecule has 1 atom stereocenters. The zero-order valence-electron chi connectivity index (χ0n) is 13.7. The number of nitrogens with one attached hydrogen (secondary N) is 1. The number of nitrogens with zero attached hydrogens (tertiary/aromatic N) is 1. The van der Waals surface area contributed by atoms with Gasteiger partial charge in [-0.3, -0.25) is 0 Å². The van der Waals surface area contributed by atoms with E-state index in [9.17, 15) is 5.11 Å². The molecule has 0 radical (unpaired) electrons. The molecule has 0 aliphatic carbocycles. The Kier molecular flexibility index (Phi) is 9.62. The van der Waals surface area contributed by atoms with Crippen LogP contribution in [0.4, 0.5) is 0 Å². The normalized spacial score (nSPS) is 15.5. The maximum atomic E-state index is 9.60. The van der Waals surface area contributed by atoms with Gasteiger partial charge in [0, 0.05) is 38.3 Å². The van der Waals surface area contributed by atoms with Crippen molar-refractivity contribution in [1.82, 2.24) is 10.2 Å². The Morgan fingerprint density at radius 1 is 1.21 bits per heavy atom. The van der Waals surface area contributed by atoms with Crippen molar-refractivity contribution >= 4 is 0 Å². The lowest BCUT2D eigenvalue weighted by molar-refractivity contribution is 0.111. The molecule has 4 nitrogen and oxygen atoms in total. The van der Waals surface area contributed by atoms with Crippen LogP contribution in [-0.2, 0) is 4.74 Å². The largest absolute Gasteiger partial charge is 0.394 e. The van der Waals surface area contributed by atoms with Gasteiger partial charge in [-0.2, -0.15) is 0 Å². The van der Waals surface area contributed by atoms with E-state index in [0.29, 0.717) is 12.0 Å². The molecule has 116 valence electrons. The molecule has 0 heterocycles. The third-order valence-corrected chi connectivity index (χ3v) is 3.20. The van der Waals surface area contributed by atoms with E-state index in [0.717, 1.165) is 32.7 Å². The molecular formula is C15H34N2O2. The van der Waals surface area contributed by atoms with Crippen molar-refractivity contribution in [2.75, 3.05) is 40.0 Å². The van der Waals surface area contributed by atoms with Gasteiger partial charge in [-0.1, -0.05) is 27.7 Å². The Labute approximate surface area is 119 Å². The molecule has 0 aromatic carbocycles. The first kappa shape index (κ1) is 18.8. The predicted octanol–water partition coefficient (Wildman–Crippen LogP) is 1.73. The fraction of sp³-hybridized carbons (Fsp3) is 1.00. The molecular weight excluding hydrogens is 240 g/mol. The first-order valence-corrected chi connectivity index (χ1v) is 7.43. The van der Waals surface area contributed by atoms with Crippen LogP contribution >= 0.6 is 0 Å². The Morgan fingerprint density at radius 2 is 1.84 bits per heavy atom. The average molecular weight is 274 g/mol. The van der Waals surface area contributed by atoms with Crippen molar-refractivity contribution in [2.24, 2.45) is 5.92 Å². The van der Waals surface area contributed by atoms with E-state index < -0.39 is 0 Å². The summed E-state index contributed by atoms with van der Waals surface area (Å²) in [5, 5.41) is 13.1. The van der Waals surface area contributed by atoms with Crippen molar-refractivity contribution in [3.8, 4) is 0 Å². The van der Waals surface area contributed by atoms with Crippen molar-refractivity contribution in [1.29, 1.82) is 0 Å². The molecule has 0 fully saturated rings. The summed E-state index contributed by atoms with van der Waals surface area (Å²) in [5.41, 5.74) is -0.198. The van der Waals surface area contributed by atoms with Gasteiger partial charge < -0.3 is 20.1 Å². The van der Waals surface area contributed by atoms with Crippen LogP contribution in [0.1, 0.15) is 41.0 Å². The van der Waals surface area contributed by atoms with Gasteiger partial charge in [0.1, 0.15) is 0 Å². The summed E-state index contributed by atoms with van der Waals surface area (Å²) in [5.74, 6) is 0.648. The van der Waals surface area contributed by atoms with E-state index in [1.54, 1.807) is 7.11 Å². The fourth-order valence-electron chi connectivity index (χ4n) is 2.33. The Balaban J connectivity index is 4.32. The van der Waals surface area contributed by atoms with E-state index in [2.05, 4.69) is 44.8 Å². The molecule has 4 heteroatoms. The minimum absolute atomic E-state index is 0.172. The van der Waals surface area contributed by atoms with Gasteiger partial charge in [0.2, 0.25) is 0 Å². The summed E-state index contributed by atoms with van der Waals surface area (Å²) in [6, 6.07) is 0.384. The molecule has 1 unspecified atom stereocenters. The van der Waals surface area contributed by atoms with Crippen LogP contribution in [0.25, 0.3) is 0 Å². The molecule has 2 N–H and O–H groups in total. The number of ether oxygens (including phenoxy) is 1. The maximum absolute atomic E-state index is 9.60. The molecule has 0 aliphatic heterocycles. The van der Waals surface area contributed by atoms with Gasteiger partial charge in [0.25, 0.3) is 0 Å². The Hall–Kier alpha value is -0.160. The van der Waals surface area contributed by atoms with Crippen LogP contribution in [0, 0.1) is 5.92 Å². The zero-order chi connectivity index (χ0) is 14.9. The molecule has 0 rings (SSSR count). The Bertz CT molecular complexity index is 222. The van der Waals surface area contributed by atoms with Crippen LogP contribution in [-0.4, -0.2) is 61.5 Å². The van der Waals surface area contributed by atoms with Crippen LogP contribution in [0.3, 0.4) is 0 Å². The molecule has 0 saturated heterocycles. The van der Waals surface area contributed by atoms with Gasteiger partial charge in [-0.25, -0.2) is 0 Å². The third-order valence-electron chi connectivity index (χ3n) is 3.20. The second-order valence-electron chi connectivity index (χ2n) is 6.46. The molecule has 19 heavy (non-hydrogen) atoms. The second kappa shape index (κ2) is 9.70. The number of hydrogen-bond acceptors (Lipinski definition) is 4. The van der Waals surface area contributed by atoms with Crippen LogP contribution in [0.2, 0.25) is 0 Å². The summed E-state index contributed by atoms with van der Waals surface area (Å²) >= 11 is 0. The number of aliphatic hydroxyl groups excluding tert-OH is 1. The maximum Gasteiger partial charge on any atom is 0.0611 e. The van der Waals surface area contributed by atoms with E-state index >= 15 is 0 Å². The van der Waals surface area contributed by atoms with Crippen molar-refractivity contribution < 1.29 is 9.84 Å². The summed E-state index contributed by atoms with van der Waals surface area (Å²) in [4.78, 5) is 2.42. The average Bonchev–Trinajstić information content (AvgIpc) is 2.31. The lowest BCUT2D eigenvalue weighted by Gasteiger charge is -2.34. The van der Waals surface area contributed by atoms with Gasteiger partial charge >= 0.3 is 0 Å². The standard InChI is InChI=1S/C15H34N2O2/c1-13(2)11-17(9-10-19-6)8-7-15(5,12-18)16-14(3)4/h13-14,16,18H,7-12H2,1-6H3. The minimum Gasteiger partial charge on any atom is -0.394 e. The topological polar surface area (TPSA) is 44.7 Å². The van der Waals surface area contributed by atoms with Gasteiger partial charge in [-0.15, -0.1) is 0 Å². The molecule has 0 amide bonds. The van der Waals surface area contributed by atoms with E-state index in [1.165, 1.54) is 0 Å². The summed E-state index contributed by atoms with van der Waals surface area (Å²) in [6.07, 6.45) is 0.943. The number of aliphatic hydroxyl groups is 1. The number of rotatable bonds is 11. The van der Waals surface area contributed by atoms with Crippen LogP contribution < -0.4 is 5.32 Å². The van der Waals surface area contributed by atoms with Gasteiger partial charge in [-0.05, 0) is 19.3 Å². The lowest BCUT2D eigenvalue weighted by Crippen LogP contribution is -2.51. The highest BCUT2D eigenvalue weighted by Gasteiger charge is 2.24. The first-order valence-electron chi connectivity index (χ1n) is 7.43. The summed E-state index contributed by atoms with van der Waals surface area (Å²) < 4.78 is 5.17. The van der Waals surface area contributed by atoms with Gasteiger partial charge in [0.15, 0.2) is 0 Å². The summed E-state index contributed by atoms with van der Waals surface area (Å²) in [6.45, 7) is 14.7. The number of hydrogen-bond donors (Lipinski definition) is 2. The summed E-state index contributed by atoms with van der Waals surface area (Å²) in [7, 11) is 1.74. The van der Waals surface area contributed by atoms with Crippen LogP contribution in [0.5, 0.6) is 0 Å².